The van der Waals surface area contributed by atoms with Crippen LogP contribution in [-0.2, 0) is 12.8 Å². The first-order valence-corrected chi connectivity index (χ1v) is 10.3. The summed E-state index contributed by atoms with van der Waals surface area (Å²) >= 11 is 1.56. The molecule has 1 atom stereocenters. The highest BCUT2D eigenvalue weighted by Gasteiger charge is 2.13. The molecule has 4 rings (SSSR count). The van der Waals surface area contributed by atoms with Crippen LogP contribution in [0.4, 0.5) is 5.13 Å². The third-order valence-corrected chi connectivity index (χ3v) is 5.74. The van der Waals surface area contributed by atoms with E-state index >= 15 is 0 Å². The summed E-state index contributed by atoms with van der Waals surface area (Å²) in [6.45, 7) is 2.68. The zero-order chi connectivity index (χ0) is 19.3. The van der Waals surface area contributed by atoms with Gasteiger partial charge in [0.15, 0.2) is 0 Å². The minimum absolute atomic E-state index is 0. The van der Waals surface area contributed by atoms with E-state index in [0.717, 1.165) is 33.9 Å². The summed E-state index contributed by atoms with van der Waals surface area (Å²) in [5.41, 5.74) is 9.54. The number of pyridine rings is 1. The van der Waals surface area contributed by atoms with E-state index < -0.39 is 0 Å². The number of halogens is 1. The van der Waals surface area contributed by atoms with Crippen molar-refractivity contribution < 1.29 is 0 Å². The molecule has 0 aliphatic rings. The summed E-state index contributed by atoms with van der Waals surface area (Å²) in [6, 6.07) is 16.8. The minimum atomic E-state index is 0. The van der Waals surface area contributed by atoms with Crippen LogP contribution in [0.5, 0.6) is 0 Å². The van der Waals surface area contributed by atoms with E-state index in [9.17, 15) is 0 Å². The highest BCUT2D eigenvalue weighted by molar-refractivity contribution is 7.18. The van der Waals surface area contributed by atoms with E-state index in [-0.39, 0.29) is 18.4 Å². The number of hydrogen-bond donors (Lipinski definition) is 2. The quantitative estimate of drug-likeness (QED) is 0.448. The molecule has 2 aromatic carbocycles. The lowest BCUT2D eigenvalue weighted by Crippen LogP contribution is -2.30. The Morgan fingerprint density at radius 2 is 1.90 bits per heavy atom. The number of nitrogens with zero attached hydrogens (tertiary/aromatic N) is 3. The standard InChI is InChI=1S/C22H23N5S.ClH/c1-2-16-13-24-14-18-9-8-17(11-20(16)18)21-26-27-22(28-21)25-19(12-23)10-15-6-4-3-5-7-15;/h3-9,11,13-14,19H,2,10,12,23H2,1H3,(H,25,27);1H/t19-;/m1./s1. The number of anilines is 1. The lowest BCUT2D eigenvalue weighted by molar-refractivity contribution is 0.721. The number of nitrogens with two attached hydrogens (primary N) is 1. The van der Waals surface area contributed by atoms with Crippen molar-refractivity contribution in [2.75, 3.05) is 11.9 Å². The molecule has 150 valence electrons. The van der Waals surface area contributed by atoms with Gasteiger partial charge in [-0.3, -0.25) is 4.98 Å². The van der Waals surface area contributed by atoms with E-state index in [2.05, 4.69) is 57.8 Å². The van der Waals surface area contributed by atoms with Crippen molar-refractivity contribution in [3.63, 3.8) is 0 Å². The zero-order valence-corrected chi connectivity index (χ0v) is 17.8. The fourth-order valence-corrected chi connectivity index (χ4v) is 4.12. The van der Waals surface area contributed by atoms with Gasteiger partial charge in [0.1, 0.15) is 5.01 Å². The Balaban J connectivity index is 0.00000240. The summed E-state index contributed by atoms with van der Waals surface area (Å²) < 4.78 is 0. The maximum atomic E-state index is 5.97. The van der Waals surface area contributed by atoms with E-state index in [1.807, 2.05) is 30.6 Å². The Morgan fingerprint density at radius 1 is 1.07 bits per heavy atom. The number of benzene rings is 2. The third-order valence-electron chi connectivity index (χ3n) is 4.83. The topological polar surface area (TPSA) is 76.7 Å². The van der Waals surface area contributed by atoms with Crippen LogP contribution >= 0.6 is 23.7 Å². The van der Waals surface area contributed by atoms with Crippen LogP contribution in [0.25, 0.3) is 21.3 Å². The second-order valence-electron chi connectivity index (χ2n) is 6.77. The Bertz CT molecular complexity index is 1070. The number of rotatable bonds is 7. The van der Waals surface area contributed by atoms with Gasteiger partial charge < -0.3 is 11.1 Å². The lowest BCUT2D eigenvalue weighted by Gasteiger charge is -2.15. The van der Waals surface area contributed by atoms with Crippen LogP contribution in [0.15, 0.2) is 60.9 Å². The minimum Gasteiger partial charge on any atom is -0.356 e. The Kier molecular flexibility index (Phi) is 7.14. The first-order valence-electron chi connectivity index (χ1n) is 9.48. The summed E-state index contributed by atoms with van der Waals surface area (Å²) in [7, 11) is 0. The monoisotopic (exact) mass is 425 g/mol. The Morgan fingerprint density at radius 3 is 2.66 bits per heavy atom. The molecule has 0 amide bonds. The molecule has 0 aliphatic heterocycles. The number of fused-ring (bicyclic) bond motifs is 1. The van der Waals surface area contributed by atoms with Crippen LogP contribution in [0.3, 0.4) is 0 Å². The van der Waals surface area contributed by atoms with Gasteiger partial charge in [0, 0.05) is 35.9 Å². The van der Waals surface area contributed by atoms with Crippen LogP contribution < -0.4 is 11.1 Å². The zero-order valence-electron chi connectivity index (χ0n) is 16.2. The highest BCUT2D eigenvalue weighted by atomic mass is 35.5. The fraction of sp³-hybridized carbons (Fsp3) is 0.227. The molecule has 29 heavy (non-hydrogen) atoms. The smallest absolute Gasteiger partial charge is 0.206 e. The number of aromatic nitrogens is 3. The molecule has 0 fully saturated rings. The molecule has 2 heterocycles. The Labute approximate surface area is 180 Å². The molecule has 0 saturated carbocycles. The van der Waals surface area contributed by atoms with E-state index in [1.54, 1.807) is 11.3 Å². The largest absolute Gasteiger partial charge is 0.356 e. The maximum absolute atomic E-state index is 5.97. The molecule has 5 nitrogen and oxygen atoms in total. The van der Waals surface area contributed by atoms with Gasteiger partial charge in [0.05, 0.1) is 0 Å². The summed E-state index contributed by atoms with van der Waals surface area (Å²) in [6.07, 6.45) is 5.65. The normalized spacial score (nSPS) is 11.8. The summed E-state index contributed by atoms with van der Waals surface area (Å²) in [4.78, 5) is 4.32. The molecule has 0 spiro atoms. The highest BCUT2D eigenvalue weighted by Crippen LogP contribution is 2.30. The van der Waals surface area contributed by atoms with E-state index in [0.29, 0.717) is 6.54 Å². The average molecular weight is 426 g/mol. The molecule has 7 heteroatoms. The number of hydrogen-bond acceptors (Lipinski definition) is 6. The van der Waals surface area contributed by atoms with Crippen molar-refractivity contribution in [3.05, 3.63) is 72.1 Å². The van der Waals surface area contributed by atoms with Crippen LogP contribution in [0, 0.1) is 0 Å². The molecule has 2 aromatic heterocycles. The van der Waals surface area contributed by atoms with Gasteiger partial charge in [-0.05, 0) is 35.4 Å². The van der Waals surface area contributed by atoms with Gasteiger partial charge in [-0.1, -0.05) is 60.7 Å². The first-order chi connectivity index (χ1) is 13.8. The van der Waals surface area contributed by atoms with Crippen LogP contribution in [0.1, 0.15) is 18.1 Å². The van der Waals surface area contributed by atoms with E-state index in [4.69, 9.17) is 5.73 Å². The second kappa shape index (κ2) is 9.78. The van der Waals surface area contributed by atoms with Crippen LogP contribution in [-0.4, -0.2) is 27.8 Å². The SMILES string of the molecule is CCc1cncc2ccc(-c3nnc(N[C@@H](CN)Cc4ccccc4)s3)cc12.Cl. The van der Waals surface area contributed by atoms with E-state index in [1.165, 1.54) is 16.5 Å². The Hall–Kier alpha value is -2.54. The third kappa shape index (κ3) is 4.90. The predicted molar refractivity (Wildman–Crippen MR) is 124 cm³/mol. The van der Waals surface area contributed by atoms with Gasteiger partial charge >= 0.3 is 0 Å². The predicted octanol–water partition coefficient (Wildman–Crippen LogP) is 4.72. The molecule has 3 N–H and O–H groups in total. The van der Waals surface area contributed by atoms with Gasteiger partial charge in [-0.25, -0.2) is 0 Å². The number of nitrogens with one attached hydrogen (secondary N) is 1. The molecule has 0 bridgehead atoms. The maximum Gasteiger partial charge on any atom is 0.206 e. The average Bonchev–Trinajstić information content (AvgIpc) is 3.21. The number of aryl methyl sites for hydroxylation is 1. The molecule has 0 saturated heterocycles. The van der Waals surface area contributed by atoms with Gasteiger partial charge in [-0.2, -0.15) is 0 Å². The van der Waals surface area contributed by atoms with Crippen molar-refractivity contribution >= 4 is 39.6 Å². The molecule has 0 radical (unpaired) electrons. The summed E-state index contributed by atoms with van der Waals surface area (Å²) in [5, 5.41) is 16.2. The second-order valence-corrected chi connectivity index (χ2v) is 7.74. The van der Waals surface area contributed by atoms with Crippen molar-refractivity contribution in [3.8, 4) is 10.6 Å². The molecular formula is C22H24ClN5S. The van der Waals surface area contributed by atoms with Crippen molar-refractivity contribution in [2.24, 2.45) is 5.73 Å². The molecule has 0 unspecified atom stereocenters. The van der Waals surface area contributed by atoms with Gasteiger partial charge in [0.2, 0.25) is 5.13 Å². The molecule has 4 aromatic rings. The van der Waals surface area contributed by atoms with Crippen LogP contribution in [0.2, 0.25) is 0 Å². The molecular weight excluding hydrogens is 402 g/mol. The summed E-state index contributed by atoms with van der Waals surface area (Å²) in [5.74, 6) is 0. The fourth-order valence-electron chi connectivity index (χ4n) is 3.30. The molecule has 0 aliphatic carbocycles. The van der Waals surface area contributed by atoms with Gasteiger partial charge in [0.25, 0.3) is 0 Å². The van der Waals surface area contributed by atoms with Gasteiger partial charge in [-0.15, -0.1) is 22.6 Å². The van der Waals surface area contributed by atoms with Crippen molar-refractivity contribution in [1.29, 1.82) is 0 Å². The van der Waals surface area contributed by atoms with Crippen molar-refractivity contribution in [2.45, 2.75) is 25.8 Å². The lowest BCUT2D eigenvalue weighted by atomic mass is 10.0. The van der Waals surface area contributed by atoms with Crippen molar-refractivity contribution in [1.82, 2.24) is 15.2 Å². The first kappa shape index (κ1) is 21.2.